The minimum absolute atomic E-state index is 0.496. The molecule has 4 heteroatoms. The van der Waals surface area contributed by atoms with Gasteiger partial charge in [-0.05, 0) is 57.9 Å². The van der Waals surface area contributed by atoms with Crippen LogP contribution < -0.4 is 11.1 Å². The van der Waals surface area contributed by atoms with Gasteiger partial charge in [-0.1, -0.05) is 0 Å². The van der Waals surface area contributed by atoms with E-state index in [1.54, 1.807) is 6.07 Å². The normalized spacial score (nSPS) is 16.7. The summed E-state index contributed by atoms with van der Waals surface area (Å²) < 4.78 is 5.28. The van der Waals surface area contributed by atoms with Crippen LogP contribution in [0.1, 0.15) is 31.4 Å². The van der Waals surface area contributed by atoms with E-state index in [9.17, 15) is 0 Å². The highest BCUT2D eigenvalue weighted by Gasteiger charge is 2.09. The lowest BCUT2D eigenvalue weighted by molar-refractivity contribution is 0.328. The Morgan fingerprint density at radius 1 is 1.24 bits per heavy atom. The molecular weight excluding hydrogens is 214 g/mol. The average Bonchev–Trinajstić information content (AvgIpc) is 2.95. The molecule has 0 unspecified atom stereocenters. The Balaban J connectivity index is 1.46. The van der Waals surface area contributed by atoms with E-state index in [1.165, 1.54) is 45.3 Å². The topological polar surface area (TPSA) is 54.4 Å². The second-order valence-corrected chi connectivity index (χ2v) is 4.74. The third kappa shape index (κ3) is 4.40. The van der Waals surface area contributed by atoms with Gasteiger partial charge in [0.25, 0.3) is 0 Å². The van der Waals surface area contributed by atoms with Gasteiger partial charge in [0.2, 0.25) is 0 Å². The number of nitrogen functional groups attached to an aromatic ring is 1. The van der Waals surface area contributed by atoms with Crippen molar-refractivity contribution in [1.82, 2.24) is 10.2 Å². The quantitative estimate of drug-likeness (QED) is 0.710. The highest BCUT2D eigenvalue weighted by atomic mass is 16.4. The Bertz CT molecular complexity index is 318. The van der Waals surface area contributed by atoms with Gasteiger partial charge in [-0.25, -0.2) is 0 Å². The molecule has 0 saturated carbocycles. The van der Waals surface area contributed by atoms with Crippen LogP contribution in [0.5, 0.6) is 0 Å². The lowest BCUT2D eigenvalue weighted by Crippen LogP contribution is -2.22. The van der Waals surface area contributed by atoms with Crippen LogP contribution in [0.25, 0.3) is 0 Å². The first-order valence-corrected chi connectivity index (χ1v) is 6.62. The highest BCUT2D eigenvalue weighted by molar-refractivity contribution is 5.25. The molecule has 1 saturated heterocycles. The molecule has 0 radical (unpaired) electrons. The summed E-state index contributed by atoms with van der Waals surface area (Å²) in [4.78, 5) is 2.56. The van der Waals surface area contributed by atoms with E-state index in [4.69, 9.17) is 10.2 Å². The summed E-state index contributed by atoms with van der Waals surface area (Å²) >= 11 is 0. The van der Waals surface area contributed by atoms with Crippen molar-refractivity contribution in [3.05, 3.63) is 17.9 Å². The molecule has 0 atom stereocenters. The summed E-state index contributed by atoms with van der Waals surface area (Å²) in [5.41, 5.74) is 5.50. The lowest BCUT2D eigenvalue weighted by Gasteiger charge is -2.13. The first-order chi connectivity index (χ1) is 8.34. The van der Waals surface area contributed by atoms with E-state index in [0.717, 1.165) is 18.8 Å². The van der Waals surface area contributed by atoms with Crippen LogP contribution >= 0.6 is 0 Å². The Hall–Kier alpha value is -1.00. The third-order valence-electron chi connectivity index (χ3n) is 3.26. The van der Waals surface area contributed by atoms with Crippen LogP contribution in [0.15, 0.2) is 16.5 Å². The van der Waals surface area contributed by atoms with Gasteiger partial charge < -0.3 is 20.4 Å². The molecule has 2 rings (SSSR count). The van der Waals surface area contributed by atoms with Crippen molar-refractivity contribution in [2.24, 2.45) is 0 Å². The summed E-state index contributed by atoms with van der Waals surface area (Å²) in [5.74, 6) is 1.41. The van der Waals surface area contributed by atoms with Gasteiger partial charge in [0.15, 0.2) is 5.88 Å². The first kappa shape index (κ1) is 12.5. The zero-order valence-corrected chi connectivity index (χ0v) is 10.5. The van der Waals surface area contributed by atoms with Crippen molar-refractivity contribution < 1.29 is 4.42 Å². The predicted octanol–water partition coefficient (Wildman–Crippen LogP) is 1.83. The standard InChI is InChI=1S/C13H23N3O/c14-13-6-5-12(17-13)11-15-7-1-2-8-16-9-3-4-10-16/h5-6,15H,1-4,7-11,14H2. The molecule has 0 bridgehead atoms. The Labute approximate surface area is 103 Å². The number of hydrogen-bond donors (Lipinski definition) is 2. The van der Waals surface area contributed by atoms with E-state index in [1.807, 2.05) is 6.07 Å². The molecule has 0 amide bonds. The van der Waals surface area contributed by atoms with Gasteiger partial charge in [-0.3, -0.25) is 0 Å². The van der Waals surface area contributed by atoms with Gasteiger partial charge in [-0.15, -0.1) is 0 Å². The summed E-state index contributed by atoms with van der Waals surface area (Å²) in [5, 5.41) is 3.37. The molecule has 17 heavy (non-hydrogen) atoms. The number of unbranched alkanes of at least 4 members (excludes halogenated alkanes) is 1. The molecule has 3 N–H and O–H groups in total. The molecular formula is C13H23N3O. The number of furan rings is 1. The maximum Gasteiger partial charge on any atom is 0.190 e. The van der Waals surface area contributed by atoms with E-state index >= 15 is 0 Å². The van der Waals surface area contributed by atoms with E-state index in [-0.39, 0.29) is 0 Å². The van der Waals surface area contributed by atoms with Crippen molar-refractivity contribution in [1.29, 1.82) is 0 Å². The van der Waals surface area contributed by atoms with E-state index < -0.39 is 0 Å². The maximum absolute atomic E-state index is 5.50. The van der Waals surface area contributed by atoms with Crippen LogP contribution in [-0.4, -0.2) is 31.1 Å². The van der Waals surface area contributed by atoms with E-state index in [2.05, 4.69) is 10.2 Å². The number of rotatable bonds is 7. The largest absolute Gasteiger partial charge is 0.445 e. The minimum Gasteiger partial charge on any atom is -0.445 e. The zero-order chi connectivity index (χ0) is 11.9. The van der Waals surface area contributed by atoms with Crippen LogP contribution in [0.4, 0.5) is 5.88 Å². The Morgan fingerprint density at radius 3 is 2.76 bits per heavy atom. The molecule has 0 spiro atoms. The van der Waals surface area contributed by atoms with Crippen molar-refractivity contribution in [3.63, 3.8) is 0 Å². The van der Waals surface area contributed by atoms with Crippen LogP contribution in [-0.2, 0) is 6.54 Å². The molecule has 0 aliphatic carbocycles. The Kier molecular flexibility index (Phi) is 4.88. The predicted molar refractivity (Wildman–Crippen MR) is 69.7 cm³/mol. The van der Waals surface area contributed by atoms with Gasteiger partial charge in [0.1, 0.15) is 5.76 Å². The first-order valence-electron chi connectivity index (χ1n) is 6.62. The third-order valence-corrected chi connectivity index (χ3v) is 3.26. The fraction of sp³-hybridized carbons (Fsp3) is 0.692. The highest BCUT2D eigenvalue weighted by Crippen LogP contribution is 2.09. The fourth-order valence-electron chi connectivity index (χ4n) is 2.29. The molecule has 1 aliphatic rings. The van der Waals surface area contributed by atoms with Crippen LogP contribution in [0, 0.1) is 0 Å². The summed E-state index contributed by atoms with van der Waals surface area (Å²) in [6.45, 7) is 5.70. The number of nitrogens with one attached hydrogen (secondary N) is 1. The lowest BCUT2D eigenvalue weighted by atomic mass is 10.3. The maximum atomic E-state index is 5.50. The number of nitrogens with two attached hydrogens (primary N) is 1. The van der Waals surface area contributed by atoms with Crippen molar-refractivity contribution in [3.8, 4) is 0 Å². The smallest absolute Gasteiger partial charge is 0.190 e. The average molecular weight is 237 g/mol. The molecule has 0 aromatic carbocycles. The minimum atomic E-state index is 0.496. The van der Waals surface area contributed by atoms with E-state index in [0.29, 0.717) is 5.88 Å². The molecule has 1 fully saturated rings. The second kappa shape index (κ2) is 6.67. The van der Waals surface area contributed by atoms with Gasteiger partial charge in [0, 0.05) is 6.07 Å². The molecule has 4 nitrogen and oxygen atoms in total. The second-order valence-electron chi connectivity index (χ2n) is 4.74. The summed E-state index contributed by atoms with van der Waals surface area (Å²) in [6.07, 6.45) is 5.29. The number of hydrogen-bond acceptors (Lipinski definition) is 4. The summed E-state index contributed by atoms with van der Waals surface area (Å²) in [7, 11) is 0. The molecule has 2 heterocycles. The van der Waals surface area contributed by atoms with Crippen LogP contribution in [0.2, 0.25) is 0 Å². The van der Waals surface area contributed by atoms with Crippen molar-refractivity contribution in [2.45, 2.75) is 32.2 Å². The summed E-state index contributed by atoms with van der Waals surface area (Å²) in [6, 6.07) is 3.72. The molecule has 1 aromatic rings. The molecule has 1 aliphatic heterocycles. The number of nitrogens with zero attached hydrogens (tertiary/aromatic N) is 1. The van der Waals surface area contributed by atoms with Gasteiger partial charge >= 0.3 is 0 Å². The van der Waals surface area contributed by atoms with Crippen molar-refractivity contribution in [2.75, 3.05) is 31.9 Å². The molecule has 1 aromatic heterocycles. The Morgan fingerprint density at radius 2 is 2.06 bits per heavy atom. The van der Waals surface area contributed by atoms with Crippen molar-refractivity contribution >= 4 is 5.88 Å². The number of anilines is 1. The van der Waals surface area contributed by atoms with Gasteiger partial charge in [0.05, 0.1) is 6.54 Å². The number of likely N-dealkylation sites (tertiary alicyclic amines) is 1. The van der Waals surface area contributed by atoms with Crippen LogP contribution in [0.3, 0.4) is 0 Å². The van der Waals surface area contributed by atoms with Gasteiger partial charge in [-0.2, -0.15) is 0 Å². The zero-order valence-electron chi connectivity index (χ0n) is 10.5. The SMILES string of the molecule is Nc1ccc(CNCCCCN2CCCC2)o1. The fourth-order valence-corrected chi connectivity index (χ4v) is 2.29. The molecule has 96 valence electrons. The monoisotopic (exact) mass is 237 g/mol.